The molecule has 166 valence electrons. The van der Waals surface area contributed by atoms with Gasteiger partial charge < -0.3 is 9.88 Å². The Morgan fingerprint density at radius 3 is 2.53 bits per heavy atom. The number of H-pyrrole nitrogens is 1. The highest BCUT2D eigenvalue weighted by molar-refractivity contribution is 6.04. The van der Waals surface area contributed by atoms with E-state index in [2.05, 4.69) is 15.1 Å². The highest BCUT2D eigenvalue weighted by Crippen LogP contribution is 2.35. The minimum atomic E-state index is -3.26. The lowest BCUT2D eigenvalue weighted by molar-refractivity contribution is 0.00357. The average molecular weight is 441 g/mol. The summed E-state index contributed by atoms with van der Waals surface area (Å²) >= 11 is 0. The number of likely N-dealkylation sites (tertiary alicyclic amines) is 1. The van der Waals surface area contributed by atoms with E-state index >= 15 is 0 Å². The summed E-state index contributed by atoms with van der Waals surface area (Å²) in [5, 5.41) is 5.45. The van der Waals surface area contributed by atoms with Gasteiger partial charge in [-0.05, 0) is 25.0 Å². The van der Waals surface area contributed by atoms with Gasteiger partial charge in [0.25, 0.3) is 18.6 Å². The molecule has 0 bridgehead atoms. The largest absolute Gasteiger partial charge is 0.360 e. The fraction of sp³-hybridized carbons (Fsp3) is 0.348. The van der Waals surface area contributed by atoms with Crippen molar-refractivity contribution in [2.75, 3.05) is 13.1 Å². The summed E-state index contributed by atoms with van der Waals surface area (Å²) in [6.07, 6.45) is 1.20. The minimum absolute atomic E-state index is 0.104. The molecule has 1 fully saturated rings. The van der Waals surface area contributed by atoms with Crippen LogP contribution in [0.3, 0.4) is 0 Å². The van der Waals surface area contributed by atoms with E-state index in [4.69, 9.17) is 0 Å². The van der Waals surface area contributed by atoms with Gasteiger partial charge in [-0.3, -0.25) is 9.78 Å². The standard InChI is InChI=1S/C23H22F3N5O/c24-21(25)22(26)31-19-11-18(23(32)30-9-5-1-2-6-10-30)28-13-16(19)20(29-31)15-12-27-17-8-4-3-7-14(15)17/h3-4,7-8,11-13,21-22,27H,1-2,5-6,9-10H2. The Bertz CT molecular complexity index is 1270. The van der Waals surface area contributed by atoms with Crippen LogP contribution in [-0.4, -0.2) is 50.1 Å². The molecule has 1 aromatic carbocycles. The molecule has 0 spiro atoms. The Morgan fingerprint density at radius 2 is 1.78 bits per heavy atom. The molecule has 1 aliphatic rings. The number of fused-ring (bicyclic) bond motifs is 2. The maximum absolute atomic E-state index is 14.5. The zero-order valence-corrected chi connectivity index (χ0v) is 17.3. The maximum Gasteiger partial charge on any atom is 0.289 e. The van der Waals surface area contributed by atoms with Gasteiger partial charge in [-0.15, -0.1) is 0 Å². The summed E-state index contributed by atoms with van der Waals surface area (Å²) in [6, 6.07) is 8.85. The monoisotopic (exact) mass is 441 g/mol. The lowest BCUT2D eigenvalue weighted by Gasteiger charge is -2.19. The highest BCUT2D eigenvalue weighted by atomic mass is 19.3. The molecule has 6 nitrogen and oxygen atoms in total. The summed E-state index contributed by atoms with van der Waals surface area (Å²) in [5.74, 6) is -0.275. The molecule has 1 saturated heterocycles. The zero-order chi connectivity index (χ0) is 22.2. The molecule has 1 atom stereocenters. The van der Waals surface area contributed by atoms with Crippen LogP contribution in [0.5, 0.6) is 0 Å². The van der Waals surface area contributed by atoms with Crippen LogP contribution in [0.1, 0.15) is 42.5 Å². The molecule has 1 N–H and O–H groups in total. The first kappa shape index (κ1) is 20.5. The SMILES string of the molecule is O=C(c1cc2c(cn1)c(-c1c[nH]c3ccccc13)nn2C(F)C(F)F)N1CCCCCC1. The van der Waals surface area contributed by atoms with E-state index < -0.39 is 12.7 Å². The van der Waals surface area contributed by atoms with Crippen molar-refractivity contribution in [2.45, 2.75) is 38.4 Å². The summed E-state index contributed by atoms with van der Waals surface area (Å²) in [4.78, 5) is 22.2. The van der Waals surface area contributed by atoms with Crippen LogP contribution in [0.4, 0.5) is 13.2 Å². The highest BCUT2D eigenvalue weighted by Gasteiger charge is 2.28. The number of aromatic nitrogens is 4. The molecule has 3 aromatic heterocycles. The van der Waals surface area contributed by atoms with E-state index in [1.54, 1.807) is 11.1 Å². The fourth-order valence-electron chi connectivity index (χ4n) is 4.35. The van der Waals surface area contributed by atoms with Gasteiger partial charge in [0.2, 0.25) is 0 Å². The van der Waals surface area contributed by atoms with Gasteiger partial charge in [0.05, 0.1) is 5.52 Å². The Labute approximate surface area is 182 Å². The number of aromatic amines is 1. The lowest BCUT2D eigenvalue weighted by atomic mass is 10.1. The molecule has 1 unspecified atom stereocenters. The minimum Gasteiger partial charge on any atom is -0.360 e. The number of amides is 1. The van der Waals surface area contributed by atoms with Crippen molar-refractivity contribution >= 4 is 27.7 Å². The average Bonchev–Trinajstić information content (AvgIpc) is 3.28. The van der Waals surface area contributed by atoms with E-state index in [-0.39, 0.29) is 17.1 Å². The van der Waals surface area contributed by atoms with Crippen molar-refractivity contribution < 1.29 is 18.0 Å². The zero-order valence-electron chi connectivity index (χ0n) is 17.3. The molecule has 1 amide bonds. The van der Waals surface area contributed by atoms with Crippen molar-refractivity contribution in [1.29, 1.82) is 0 Å². The molecule has 0 aliphatic carbocycles. The van der Waals surface area contributed by atoms with Crippen molar-refractivity contribution in [2.24, 2.45) is 0 Å². The van der Waals surface area contributed by atoms with Crippen molar-refractivity contribution in [3.8, 4) is 11.3 Å². The number of nitrogens with one attached hydrogen (secondary N) is 1. The Kier molecular flexibility index (Phi) is 5.32. The van der Waals surface area contributed by atoms with Crippen molar-refractivity contribution in [3.05, 3.63) is 48.4 Å². The normalized spacial score (nSPS) is 16.1. The second kappa shape index (κ2) is 8.29. The van der Waals surface area contributed by atoms with E-state index in [1.807, 2.05) is 24.3 Å². The number of pyridine rings is 1. The quantitative estimate of drug-likeness (QED) is 0.466. The number of halogens is 3. The van der Waals surface area contributed by atoms with Gasteiger partial charge in [0.1, 0.15) is 11.4 Å². The van der Waals surface area contributed by atoms with Gasteiger partial charge in [-0.25, -0.2) is 17.9 Å². The summed E-state index contributed by atoms with van der Waals surface area (Å²) < 4.78 is 41.8. The molecular formula is C23H22F3N5O. The number of para-hydroxylation sites is 1. The number of hydrogen-bond acceptors (Lipinski definition) is 3. The first-order valence-corrected chi connectivity index (χ1v) is 10.7. The van der Waals surface area contributed by atoms with E-state index in [0.717, 1.165) is 36.6 Å². The Morgan fingerprint density at radius 1 is 1.03 bits per heavy atom. The maximum atomic E-state index is 14.5. The van der Waals surface area contributed by atoms with Gasteiger partial charge in [-0.1, -0.05) is 31.0 Å². The van der Waals surface area contributed by atoms with Crippen LogP contribution < -0.4 is 0 Å². The van der Waals surface area contributed by atoms with Crippen LogP contribution in [0.25, 0.3) is 33.1 Å². The van der Waals surface area contributed by atoms with E-state index in [9.17, 15) is 18.0 Å². The predicted molar refractivity (Wildman–Crippen MR) is 115 cm³/mol. The van der Waals surface area contributed by atoms with Gasteiger partial charge in [0.15, 0.2) is 0 Å². The van der Waals surface area contributed by atoms with Crippen LogP contribution in [0.2, 0.25) is 0 Å². The van der Waals surface area contributed by atoms with Crippen molar-refractivity contribution in [1.82, 2.24) is 24.6 Å². The molecular weight excluding hydrogens is 419 g/mol. The molecule has 1 aliphatic heterocycles. The second-order valence-corrected chi connectivity index (χ2v) is 8.04. The Hall–Kier alpha value is -3.36. The number of rotatable bonds is 4. The summed E-state index contributed by atoms with van der Waals surface area (Å²) in [5.41, 5.74) is 2.05. The summed E-state index contributed by atoms with van der Waals surface area (Å²) in [7, 11) is 0. The van der Waals surface area contributed by atoms with Crippen LogP contribution in [0.15, 0.2) is 42.7 Å². The Balaban J connectivity index is 1.64. The first-order chi connectivity index (χ1) is 15.5. The third kappa shape index (κ3) is 3.51. The molecule has 0 saturated carbocycles. The number of hydrogen-bond donors (Lipinski definition) is 1. The van der Waals surface area contributed by atoms with E-state index in [0.29, 0.717) is 34.4 Å². The van der Waals surface area contributed by atoms with Crippen molar-refractivity contribution in [3.63, 3.8) is 0 Å². The van der Waals surface area contributed by atoms with Gasteiger partial charge in [0, 0.05) is 47.3 Å². The number of nitrogens with zero attached hydrogens (tertiary/aromatic N) is 4. The van der Waals surface area contributed by atoms with Gasteiger partial charge >= 0.3 is 0 Å². The fourth-order valence-corrected chi connectivity index (χ4v) is 4.35. The molecule has 9 heteroatoms. The second-order valence-electron chi connectivity index (χ2n) is 8.04. The third-order valence-electron chi connectivity index (χ3n) is 5.99. The van der Waals surface area contributed by atoms with E-state index in [1.165, 1.54) is 12.3 Å². The number of carbonyl (C=O) groups excluding carboxylic acids is 1. The molecule has 4 heterocycles. The molecule has 5 rings (SSSR count). The molecule has 32 heavy (non-hydrogen) atoms. The number of carbonyl (C=O) groups is 1. The van der Waals surface area contributed by atoms with Crippen LogP contribution in [0, 0.1) is 0 Å². The van der Waals surface area contributed by atoms with Crippen LogP contribution >= 0.6 is 0 Å². The summed E-state index contributed by atoms with van der Waals surface area (Å²) in [6.45, 7) is 1.25. The lowest BCUT2D eigenvalue weighted by Crippen LogP contribution is -2.32. The third-order valence-corrected chi connectivity index (χ3v) is 5.99. The first-order valence-electron chi connectivity index (χ1n) is 10.7. The number of alkyl halides is 3. The molecule has 0 radical (unpaired) electrons. The number of benzene rings is 1. The predicted octanol–water partition coefficient (Wildman–Crippen LogP) is 5.33. The smallest absolute Gasteiger partial charge is 0.289 e. The van der Waals surface area contributed by atoms with Gasteiger partial charge in [-0.2, -0.15) is 5.10 Å². The van der Waals surface area contributed by atoms with Crippen LogP contribution in [-0.2, 0) is 0 Å². The topological polar surface area (TPSA) is 66.8 Å². The molecule has 4 aromatic rings.